The zero-order chi connectivity index (χ0) is 21.2. The Morgan fingerprint density at radius 1 is 1.24 bits per heavy atom. The lowest BCUT2D eigenvalue weighted by Crippen LogP contribution is -2.42. The number of aliphatic imine (C=N–C) groups is 1. The lowest BCUT2D eigenvalue weighted by Gasteiger charge is -2.17. The maximum Gasteiger partial charge on any atom is 0.222 e. The molecule has 0 bridgehead atoms. The van der Waals surface area contributed by atoms with E-state index in [9.17, 15) is 9.18 Å². The molecule has 0 fully saturated rings. The topological polar surface area (TPSA) is 106 Å². The van der Waals surface area contributed by atoms with Gasteiger partial charge in [0.05, 0.1) is 18.2 Å². The molecule has 1 aromatic heterocycles. The Balaban J connectivity index is 1.88. The predicted molar refractivity (Wildman–Crippen MR) is 111 cm³/mol. The molecule has 0 radical (unpaired) electrons. The number of carbonyl (C=O) groups excluding carboxylic acids is 1. The van der Waals surface area contributed by atoms with Crippen LogP contribution in [0.25, 0.3) is 0 Å². The summed E-state index contributed by atoms with van der Waals surface area (Å²) in [6.07, 6.45) is 2.45. The Morgan fingerprint density at radius 2 is 1.93 bits per heavy atom. The van der Waals surface area contributed by atoms with Crippen molar-refractivity contribution >= 4 is 11.9 Å². The summed E-state index contributed by atoms with van der Waals surface area (Å²) in [6.45, 7) is 5.00. The number of aromatic nitrogens is 1. The third kappa shape index (κ3) is 6.89. The standard InChI is InChI=1S/C21H30FN5O2/c1-4-15(5-2)19-11-18(29-27-19)13-26-21(24-3)25-12-16(20(23)28)10-14-6-8-17(22)9-7-14/h6-9,11,15-16H,4-5,10,12-13H2,1-3H3,(H2,23,28)(H2,24,25,26). The van der Waals surface area contributed by atoms with Gasteiger partial charge in [0.25, 0.3) is 0 Å². The van der Waals surface area contributed by atoms with Crippen molar-refractivity contribution in [2.75, 3.05) is 13.6 Å². The van der Waals surface area contributed by atoms with Gasteiger partial charge in [0.1, 0.15) is 5.82 Å². The van der Waals surface area contributed by atoms with Crippen LogP contribution in [0.15, 0.2) is 39.8 Å². The summed E-state index contributed by atoms with van der Waals surface area (Å²) in [5.41, 5.74) is 7.33. The quantitative estimate of drug-likeness (QED) is 0.418. The first-order chi connectivity index (χ1) is 14.0. The molecule has 2 aromatic rings. The second kappa shape index (κ2) is 11.2. The van der Waals surface area contributed by atoms with Crippen LogP contribution in [0, 0.1) is 11.7 Å². The minimum absolute atomic E-state index is 0.307. The predicted octanol–water partition coefficient (Wildman–Crippen LogP) is 2.73. The number of primary amides is 1. The highest BCUT2D eigenvalue weighted by atomic mass is 19.1. The molecule has 8 heteroatoms. The fraction of sp³-hybridized carbons (Fsp3) is 0.476. The Bertz CT molecular complexity index is 800. The van der Waals surface area contributed by atoms with E-state index < -0.39 is 11.8 Å². The number of amides is 1. The summed E-state index contributed by atoms with van der Waals surface area (Å²) in [6, 6.07) is 8.00. The Morgan fingerprint density at radius 3 is 2.52 bits per heavy atom. The van der Waals surface area contributed by atoms with E-state index in [2.05, 4.69) is 34.6 Å². The van der Waals surface area contributed by atoms with Crippen molar-refractivity contribution in [3.63, 3.8) is 0 Å². The van der Waals surface area contributed by atoms with Gasteiger partial charge >= 0.3 is 0 Å². The van der Waals surface area contributed by atoms with Gasteiger partial charge in [-0.3, -0.25) is 9.79 Å². The summed E-state index contributed by atoms with van der Waals surface area (Å²) in [5.74, 6) is 0.441. The monoisotopic (exact) mass is 403 g/mol. The Kier molecular flexibility index (Phi) is 8.64. The van der Waals surface area contributed by atoms with Crippen LogP contribution in [-0.4, -0.2) is 30.6 Å². The van der Waals surface area contributed by atoms with Gasteiger partial charge in [0.15, 0.2) is 11.7 Å². The van der Waals surface area contributed by atoms with Crippen LogP contribution in [0.2, 0.25) is 0 Å². The van der Waals surface area contributed by atoms with Gasteiger partial charge in [-0.05, 0) is 37.0 Å². The molecule has 1 atom stereocenters. The SMILES string of the molecule is CCC(CC)c1cc(CNC(=NC)NCC(Cc2ccc(F)cc2)C(N)=O)on1. The lowest BCUT2D eigenvalue weighted by molar-refractivity contribution is -0.121. The number of rotatable bonds is 10. The average molecular weight is 404 g/mol. The molecule has 0 saturated heterocycles. The maximum absolute atomic E-state index is 13.1. The molecule has 1 amide bonds. The fourth-order valence-electron chi connectivity index (χ4n) is 3.10. The second-order valence-corrected chi connectivity index (χ2v) is 6.97. The van der Waals surface area contributed by atoms with E-state index in [0.717, 1.165) is 24.1 Å². The van der Waals surface area contributed by atoms with Crippen molar-refractivity contribution in [3.8, 4) is 0 Å². The number of hydrogen-bond donors (Lipinski definition) is 3. The van der Waals surface area contributed by atoms with Gasteiger partial charge in [-0.25, -0.2) is 4.39 Å². The van der Waals surface area contributed by atoms with Gasteiger partial charge in [0.2, 0.25) is 5.91 Å². The summed E-state index contributed by atoms with van der Waals surface area (Å²) < 4.78 is 18.4. The van der Waals surface area contributed by atoms with Crippen molar-refractivity contribution in [2.24, 2.45) is 16.6 Å². The summed E-state index contributed by atoms with van der Waals surface area (Å²) in [5, 5.41) is 10.4. The molecular weight excluding hydrogens is 373 g/mol. The van der Waals surface area contributed by atoms with Crippen LogP contribution >= 0.6 is 0 Å². The van der Waals surface area contributed by atoms with Gasteiger partial charge in [-0.2, -0.15) is 0 Å². The molecule has 0 saturated carbocycles. The molecule has 1 unspecified atom stereocenters. The average Bonchev–Trinajstić information content (AvgIpc) is 3.18. The van der Waals surface area contributed by atoms with E-state index in [1.165, 1.54) is 12.1 Å². The molecule has 0 aliphatic carbocycles. The van der Waals surface area contributed by atoms with Crippen molar-refractivity contribution in [3.05, 3.63) is 53.2 Å². The molecule has 29 heavy (non-hydrogen) atoms. The number of nitrogens with zero attached hydrogens (tertiary/aromatic N) is 2. The minimum atomic E-state index is -0.453. The zero-order valence-corrected chi connectivity index (χ0v) is 17.2. The highest BCUT2D eigenvalue weighted by Gasteiger charge is 2.17. The van der Waals surface area contributed by atoms with Gasteiger partial charge in [-0.15, -0.1) is 0 Å². The highest BCUT2D eigenvalue weighted by molar-refractivity contribution is 5.81. The molecule has 0 aliphatic heterocycles. The molecule has 1 heterocycles. The third-order valence-corrected chi connectivity index (χ3v) is 4.95. The van der Waals surface area contributed by atoms with Crippen LogP contribution in [0.3, 0.4) is 0 Å². The molecule has 0 aliphatic rings. The number of benzene rings is 1. The van der Waals surface area contributed by atoms with Crippen LogP contribution < -0.4 is 16.4 Å². The number of hydrogen-bond acceptors (Lipinski definition) is 4. The minimum Gasteiger partial charge on any atom is -0.369 e. The first-order valence-corrected chi connectivity index (χ1v) is 9.90. The number of nitrogens with two attached hydrogens (primary N) is 1. The number of nitrogens with one attached hydrogen (secondary N) is 2. The van der Waals surface area contributed by atoms with Crippen molar-refractivity contribution in [1.82, 2.24) is 15.8 Å². The third-order valence-electron chi connectivity index (χ3n) is 4.95. The first kappa shape index (κ1) is 22.4. The summed E-state index contributed by atoms with van der Waals surface area (Å²) >= 11 is 0. The highest BCUT2D eigenvalue weighted by Crippen LogP contribution is 2.22. The lowest BCUT2D eigenvalue weighted by atomic mass is 9.98. The largest absolute Gasteiger partial charge is 0.369 e. The molecule has 0 spiro atoms. The van der Waals surface area contributed by atoms with Gasteiger partial charge < -0.3 is 20.9 Å². The van der Waals surface area contributed by atoms with Crippen LogP contribution in [-0.2, 0) is 17.8 Å². The van der Waals surface area contributed by atoms with E-state index in [4.69, 9.17) is 10.3 Å². The van der Waals surface area contributed by atoms with Crippen molar-refractivity contribution in [1.29, 1.82) is 0 Å². The number of guanidine groups is 1. The van der Waals surface area contributed by atoms with Gasteiger partial charge in [-0.1, -0.05) is 31.1 Å². The Hall–Kier alpha value is -2.90. The molecule has 7 nitrogen and oxygen atoms in total. The molecule has 2 rings (SSSR count). The molecular formula is C21H30FN5O2. The van der Waals surface area contributed by atoms with Crippen LogP contribution in [0.4, 0.5) is 4.39 Å². The smallest absolute Gasteiger partial charge is 0.222 e. The maximum atomic E-state index is 13.1. The Labute approximate surface area is 170 Å². The summed E-state index contributed by atoms with van der Waals surface area (Å²) in [4.78, 5) is 16.0. The summed E-state index contributed by atoms with van der Waals surface area (Å²) in [7, 11) is 1.64. The van der Waals surface area contributed by atoms with E-state index in [1.54, 1.807) is 19.2 Å². The molecule has 158 valence electrons. The zero-order valence-electron chi connectivity index (χ0n) is 17.2. The second-order valence-electron chi connectivity index (χ2n) is 6.97. The first-order valence-electron chi connectivity index (χ1n) is 9.90. The number of carbonyl (C=O) groups is 1. The van der Waals surface area contributed by atoms with Crippen molar-refractivity contribution < 1.29 is 13.7 Å². The normalized spacial score (nSPS) is 12.8. The van der Waals surface area contributed by atoms with Crippen LogP contribution in [0.5, 0.6) is 0 Å². The van der Waals surface area contributed by atoms with E-state index in [0.29, 0.717) is 37.1 Å². The molecule has 4 N–H and O–H groups in total. The van der Waals surface area contributed by atoms with Gasteiger partial charge in [0, 0.05) is 25.6 Å². The van der Waals surface area contributed by atoms with Crippen molar-refractivity contribution in [2.45, 2.75) is 45.6 Å². The van der Waals surface area contributed by atoms with E-state index in [1.807, 2.05) is 6.07 Å². The van der Waals surface area contributed by atoms with Crippen LogP contribution in [0.1, 0.15) is 49.6 Å². The molecule has 1 aromatic carbocycles. The number of halogens is 1. The fourth-order valence-corrected chi connectivity index (χ4v) is 3.10. The van der Waals surface area contributed by atoms with E-state index in [-0.39, 0.29) is 5.82 Å². The van der Waals surface area contributed by atoms with E-state index >= 15 is 0 Å².